The number of imidazole rings is 1. The molecule has 0 unspecified atom stereocenters. The zero-order valence-corrected chi connectivity index (χ0v) is 14.0. The van der Waals surface area contributed by atoms with Gasteiger partial charge in [-0.05, 0) is 43.3 Å². The largest absolute Gasteiger partial charge is 0.497 e. The van der Waals surface area contributed by atoms with Crippen molar-refractivity contribution in [1.29, 1.82) is 0 Å². The van der Waals surface area contributed by atoms with E-state index in [9.17, 15) is 0 Å². The summed E-state index contributed by atoms with van der Waals surface area (Å²) in [5.41, 5.74) is 3.46. The number of hydrogen-bond donors (Lipinski definition) is 1. The third kappa shape index (κ3) is 2.95. The van der Waals surface area contributed by atoms with Crippen LogP contribution in [0.1, 0.15) is 22.9 Å². The fourth-order valence-corrected chi connectivity index (χ4v) is 3.16. The highest BCUT2D eigenvalue weighted by Crippen LogP contribution is 2.25. The van der Waals surface area contributed by atoms with Crippen LogP contribution in [0.4, 0.5) is 0 Å². The first-order valence-electron chi connectivity index (χ1n) is 8.21. The quantitative estimate of drug-likeness (QED) is 0.798. The molecule has 1 aliphatic rings. The van der Waals surface area contributed by atoms with E-state index in [2.05, 4.69) is 16.0 Å². The first-order valence-corrected chi connectivity index (χ1v) is 8.21. The van der Waals surface area contributed by atoms with Crippen molar-refractivity contribution in [3.05, 3.63) is 59.3 Å². The van der Waals surface area contributed by atoms with Crippen molar-refractivity contribution in [3.8, 4) is 17.1 Å². The van der Waals surface area contributed by atoms with Crippen LogP contribution in [0.25, 0.3) is 11.4 Å². The maximum atomic E-state index is 5.69. The van der Waals surface area contributed by atoms with Gasteiger partial charge in [0.25, 0.3) is 0 Å². The minimum Gasteiger partial charge on any atom is -0.497 e. The van der Waals surface area contributed by atoms with Gasteiger partial charge in [-0.1, -0.05) is 0 Å². The van der Waals surface area contributed by atoms with Crippen LogP contribution >= 0.6 is 0 Å². The Morgan fingerprint density at radius 1 is 1.21 bits per heavy atom. The minimum absolute atomic E-state index is 0.837. The molecular weight excluding hydrogens is 302 g/mol. The van der Waals surface area contributed by atoms with Crippen molar-refractivity contribution >= 4 is 0 Å². The maximum absolute atomic E-state index is 5.69. The Labute approximate surface area is 141 Å². The number of rotatable bonds is 4. The van der Waals surface area contributed by atoms with Gasteiger partial charge in [0.15, 0.2) is 0 Å². The third-order valence-corrected chi connectivity index (χ3v) is 4.45. The number of ether oxygens (including phenoxy) is 1. The summed E-state index contributed by atoms with van der Waals surface area (Å²) in [6.45, 7) is 4.69. The SMILES string of the molecule is COc1ccc(-c2nc3c([nH]2)CN(Cc2ccc(C)o2)CC3)cc1. The Kier molecular flexibility index (Phi) is 3.86. The van der Waals surface area contributed by atoms with Crippen molar-refractivity contribution in [3.63, 3.8) is 0 Å². The lowest BCUT2D eigenvalue weighted by atomic mass is 10.1. The molecule has 0 saturated carbocycles. The van der Waals surface area contributed by atoms with Gasteiger partial charge in [0.1, 0.15) is 23.1 Å². The summed E-state index contributed by atoms with van der Waals surface area (Å²) in [5, 5.41) is 0. The van der Waals surface area contributed by atoms with Gasteiger partial charge in [0.05, 0.1) is 25.0 Å². The number of furan rings is 1. The van der Waals surface area contributed by atoms with Crippen LogP contribution in [0.15, 0.2) is 40.8 Å². The van der Waals surface area contributed by atoms with Crippen molar-refractivity contribution < 1.29 is 9.15 Å². The molecule has 0 fully saturated rings. The van der Waals surface area contributed by atoms with Crippen LogP contribution in [0, 0.1) is 6.92 Å². The highest BCUT2D eigenvalue weighted by Gasteiger charge is 2.21. The number of aryl methyl sites for hydroxylation is 1. The highest BCUT2D eigenvalue weighted by atomic mass is 16.5. The van der Waals surface area contributed by atoms with Gasteiger partial charge in [0, 0.05) is 25.1 Å². The van der Waals surface area contributed by atoms with Gasteiger partial charge in [-0.15, -0.1) is 0 Å². The second-order valence-corrected chi connectivity index (χ2v) is 6.21. The Morgan fingerprint density at radius 2 is 2.04 bits per heavy atom. The molecule has 0 spiro atoms. The summed E-state index contributed by atoms with van der Waals surface area (Å²) >= 11 is 0. The van der Waals surface area contributed by atoms with Gasteiger partial charge in [0.2, 0.25) is 0 Å². The molecule has 124 valence electrons. The average molecular weight is 323 g/mol. The summed E-state index contributed by atoms with van der Waals surface area (Å²) < 4.78 is 10.9. The Balaban J connectivity index is 1.50. The Hall–Kier alpha value is -2.53. The van der Waals surface area contributed by atoms with E-state index < -0.39 is 0 Å². The fraction of sp³-hybridized carbons (Fsp3) is 0.316. The topological polar surface area (TPSA) is 54.3 Å². The molecule has 24 heavy (non-hydrogen) atoms. The van der Waals surface area contributed by atoms with Crippen LogP contribution in [0.3, 0.4) is 0 Å². The predicted octanol–water partition coefficient (Wildman–Crippen LogP) is 3.55. The van der Waals surface area contributed by atoms with Gasteiger partial charge in [-0.3, -0.25) is 4.90 Å². The summed E-state index contributed by atoms with van der Waals surface area (Å²) in [6.07, 6.45) is 0.960. The number of methoxy groups -OCH3 is 1. The van der Waals surface area contributed by atoms with Crippen molar-refractivity contribution in [1.82, 2.24) is 14.9 Å². The first kappa shape index (κ1) is 15.0. The van der Waals surface area contributed by atoms with Crippen molar-refractivity contribution in [2.75, 3.05) is 13.7 Å². The molecule has 3 aromatic rings. The number of hydrogen-bond acceptors (Lipinski definition) is 4. The average Bonchev–Trinajstić information content (AvgIpc) is 3.20. The van der Waals surface area contributed by atoms with Crippen molar-refractivity contribution in [2.24, 2.45) is 0 Å². The molecule has 1 N–H and O–H groups in total. The van der Waals surface area contributed by atoms with E-state index in [-0.39, 0.29) is 0 Å². The number of H-pyrrole nitrogens is 1. The molecule has 3 heterocycles. The number of benzene rings is 1. The van der Waals surface area contributed by atoms with Gasteiger partial charge < -0.3 is 14.1 Å². The number of nitrogens with zero attached hydrogens (tertiary/aromatic N) is 2. The number of aromatic nitrogens is 2. The number of nitrogens with one attached hydrogen (secondary N) is 1. The van der Waals surface area contributed by atoms with Crippen LogP contribution < -0.4 is 4.74 Å². The first-order chi connectivity index (χ1) is 11.7. The smallest absolute Gasteiger partial charge is 0.137 e. The third-order valence-electron chi connectivity index (χ3n) is 4.45. The molecule has 0 bridgehead atoms. The summed E-state index contributed by atoms with van der Waals surface area (Å²) in [7, 11) is 1.68. The molecule has 5 nitrogen and oxygen atoms in total. The fourth-order valence-electron chi connectivity index (χ4n) is 3.16. The Bertz CT molecular complexity index is 833. The molecule has 5 heteroatoms. The lowest BCUT2D eigenvalue weighted by Crippen LogP contribution is -2.29. The molecular formula is C19H21N3O2. The second-order valence-electron chi connectivity index (χ2n) is 6.21. The Morgan fingerprint density at radius 3 is 2.75 bits per heavy atom. The molecule has 4 rings (SSSR count). The summed E-state index contributed by atoms with van der Waals surface area (Å²) in [6, 6.07) is 12.1. The highest BCUT2D eigenvalue weighted by molar-refractivity contribution is 5.57. The molecule has 0 atom stereocenters. The maximum Gasteiger partial charge on any atom is 0.137 e. The number of fused-ring (bicyclic) bond motifs is 1. The summed E-state index contributed by atoms with van der Waals surface area (Å²) in [4.78, 5) is 10.6. The van der Waals surface area contributed by atoms with E-state index in [4.69, 9.17) is 14.1 Å². The molecule has 0 amide bonds. The molecule has 0 aliphatic carbocycles. The lowest BCUT2D eigenvalue weighted by Gasteiger charge is -2.24. The van der Waals surface area contributed by atoms with Crippen LogP contribution in [-0.4, -0.2) is 28.5 Å². The molecule has 2 aromatic heterocycles. The van der Waals surface area contributed by atoms with E-state index in [1.54, 1.807) is 7.11 Å². The van der Waals surface area contributed by atoms with Crippen LogP contribution in [-0.2, 0) is 19.5 Å². The van der Waals surface area contributed by atoms with Gasteiger partial charge in [-0.25, -0.2) is 4.98 Å². The van der Waals surface area contributed by atoms with Crippen LogP contribution in [0.5, 0.6) is 5.75 Å². The second kappa shape index (κ2) is 6.17. The standard InChI is InChI=1S/C19H21N3O2/c1-13-3-6-16(24-13)11-22-10-9-17-18(12-22)21-19(20-17)14-4-7-15(23-2)8-5-14/h3-8H,9-12H2,1-2H3,(H,20,21). The van der Waals surface area contributed by atoms with Crippen molar-refractivity contribution in [2.45, 2.75) is 26.4 Å². The normalized spacial score (nSPS) is 14.6. The molecule has 0 radical (unpaired) electrons. The van der Waals surface area contributed by atoms with Crippen LogP contribution in [0.2, 0.25) is 0 Å². The van der Waals surface area contributed by atoms with Gasteiger partial charge >= 0.3 is 0 Å². The molecule has 1 aromatic carbocycles. The van der Waals surface area contributed by atoms with Gasteiger partial charge in [-0.2, -0.15) is 0 Å². The van der Waals surface area contributed by atoms with E-state index in [0.717, 1.165) is 54.7 Å². The van der Waals surface area contributed by atoms with E-state index in [1.807, 2.05) is 37.3 Å². The lowest BCUT2D eigenvalue weighted by molar-refractivity contribution is 0.221. The van der Waals surface area contributed by atoms with E-state index in [0.29, 0.717) is 0 Å². The zero-order chi connectivity index (χ0) is 16.5. The van der Waals surface area contributed by atoms with E-state index in [1.165, 1.54) is 11.4 Å². The zero-order valence-electron chi connectivity index (χ0n) is 14.0. The molecule has 1 aliphatic heterocycles. The number of aromatic amines is 1. The molecule has 0 saturated heterocycles. The predicted molar refractivity (Wildman–Crippen MR) is 91.8 cm³/mol. The summed E-state index contributed by atoms with van der Waals surface area (Å²) in [5.74, 6) is 3.77. The monoisotopic (exact) mass is 323 g/mol. The minimum atomic E-state index is 0.837. The van der Waals surface area contributed by atoms with E-state index >= 15 is 0 Å².